The standard InChI is InChI=1S/C14H12ClFN2S/c1-8-4-10(16)7-11(5-8)18-13-3-2-9(14(17)19)6-12(13)15/h2-7,18H,1H3,(H2,17,19). The van der Waals surface area contributed by atoms with Crippen LogP contribution in [0, 0.1) is 12.7 Å². The van der Waals surface area contributed by atoms with E-state index in [0.717, 1.165) is 5.56 Å². The largest absolute Gasteiger partial charge is 0.389 e. The van der Waals surface area contributed by atoms with E-state index in [0.29, 0.717) is 22.0 Å². The summed E-state index contributed by atoms with van der Waals surface area (Å²) in [5.74, 6) is -0.293. The lowest BCUT2D eigenvalue weighted by Gasteiger charge is -2.10. The van der Waals surface area contributed by atoms with Gasteiger partial charge in [-0.1, -0.05) is 23.8 Å². The number of aryl methyl sites for hydroxylation is 1. The van der Waals surface area contributed by atoms with Gasteiger partial charge in [0.2, 0.25) is 0 Å². The molecule has 0 atom stereocenters. The Morgan fingerprint density at radius 3 is 2.58 bits per heavy atom. The SMILES string of the molecule is Cc1cc(F)cc(Nc2ccc(C(N)=S)cc2Cl)c1. The molecule has 98 valence electrons. The Balaban J connectivity index is 2.30. The fourth-order valence-electron chi connectivity index (χ4n) is 1.73. The van der Waals surface area contributed by atoms with E-state index in [2.05, 4.69) is 5.32 Å². The third-order valence-corrected chi connectivity index (χ3v) is 3.12. The van der Waals surface area contributed by atoms with Gasteiger partial charge in [-0.3, -0.25) is 0 Å². The molecule has 0 saturated carbocycles. The second kappa shape index (κ2) is 5.55. The summed E-state index contributed by atoms with van der Waals surface area (Å²) >= 11 is 11.0. The predicted octanol–water partition coefficient (Wildman–Crippen LogP) is 4.17. The lowest BCUT2D eigenvalue weighted by molar-refractivity contribution is 0.627. The first-order chi connectivity index (χ1) is 8.95. The zero-order chi connectivity index (χ0) is 14.0. The summed E-state index contributed by atoms with van der Waals surface area (Å²) < 4.78 is 13.3. The topological polar surface area (TPSA) is 38.0 Å². The Bertz CT molecular complexity index is 623. The van der Waals surface area contributed by atoms with Crippen LogP contribution in [0.2, 0.25) is 5.02 Å². The van der Waals surface area contributed by atoms with Gasteiger partial charge < -0.3 is 11.1 Å². The first-order valence-corrected chi connectivity index (χ1v) is 6.38. The lowest BCUT2D eigenvalue weighted by atomic mass is 10.2. The fraction of sp³-hybridized carbons (Fsp3) is 0.0714. The molecule has 2 nitrogen and oxygen atoms in total. The molecule has 0 amide bonds. The molecule has 0 bridgehead atoms. The average Bonchev–Trinajstić information content (AvgIpc) is 2.30. The molecule has 0 saturated heterocycles. The predicted molar refractivity (Wildman–Crippen MR) is 81.8 cm³/mol. The number of thiocarbonyl (C=S) groups is 1. The Kier molecular flexibility index (Phi) is 4.02. The summed E-state index contributed by atoms with van der Waals surface area (Å²) in [6.45, 7) is 1.83. The van der Waals surface area contributed by atoms with E-state index < -0.39 is 0 Å². The van der Waals surface area contributed by atoms with Crippen molar-refractivity contribution in [3.8, 4) is 0 Å². The van der Waals surface area contributed by atoms with Crippen molar-refractivity contribution >= 4 is 40.2 Å². The summed E-state index contributed by atoms with van der Waals surface area (Å²) in [6, 6.07) is 9.91. The number of hydrogen-bond donors (Lipinski definition) is 2. The van der Waals surface area contributed by atoms with Crippen LogP contribution in [0.3, 0.4) is 0 Å². The molecule has 19 heavy (non-hydrogen) atoms. The molecule has 0 radical (unpaired) electrons. The van der Waals surface area contributed by atoms with Crippen molar-refractivity contribution in [2.45, 2.75) is 6.92 Å². The van der Waals surface area contributed by atoms with Crippen molar-refractivity contribution in [1.82, 2.24) is 0 Å². The van der Waals surface area contributed by atoms with Crippen molar-refractivity contribution in [3.05, 3.63) is 58.4 Å². The van der Waals surface area contributed by atoms with Gasteiger partial charge in [0.05, 0.1) is 10.7 Å². The zero-order valence-corrected chi connectivity index (χ0v) is 11.8. The fourth-order valence-corrected chi connectivity index (χ4v) is 2.09. The molecular weight excluding hydrogens is 283 g/mol. The van der Waals surface area contributed by atoms with Crippen LogP contribution in [0.1, 0.15) is 11.1 Å². The van der Waals surface area contributed by atoms with Gasteiger partial charge in [-0.25, -0.2) is 4.39 Å². The normalized spacial score (nSPS) is 10.3. The van der Waals surface area contributed by atoms with Crippen LogP contribution < -0.4 is 11.1 Å². The van der Waals surface area contributed by atoms with Gasteiger partial charge >= 0.3 is 0 Å². The van der Waals surface area contributed by atoms with E-state index in [-0.39, 0.29) is 10.8 Å². The zero-order valence-electron chi connectivity index (χ0n) is 10.2. The van der Waals surface area contributed by atoms with Gasteiger partial charge in [0, 0.05) is 11.3 Å². The molecule has 0 aliphatic rings. The highest BCUT2D eigenvalue weighted by Gasteiger charge is 2.05. The molecule has 0 aromatic heterocycles. The van der Waals surface area contributed by atoms with E-state index in [4.69, 9.17) is 29.6 Å². The highest BCUT2D eigenvalue weighted by molar-refractivity contribution is 7.80. The molecule has 2 rings (SSSR count). The molecule has 0 aliphatic carbocycles. The van der Waals surface area contributed by atoms with Gasteiger partial charge in [0.15, 0.2) is 0 Å². The number of nitrogens with two attached hydrogens (primary N) is 1. The number of hydrogen-bond acceptors (Lipinski definition) is 2. The summed E-state index contributed by atoms with van der Waals surface area (Å²) in [6.07, 6.45) is 0. The van der Waals surface area contributed by atoms with Gasteiger partial charge in [0.25, 0.3) is 0 Å². The van der Waals surface area contributed by atoms with Crippen molar-refractivity contribution in [1.29, 1.82) is 0 Å². The lowest BCUT2D eigenvalue weighted by Crippen LogP contribution is -2.09. The summed E-state index contributed by atoms with van der Waals surface area (Å²) in [4.78, 5) is 0.287. The van der Waals surface area contributed by atoms with Crippen molar-refractivity contribution in [3.63, 3.8) is 0 Å². The second-order valence-corrected chi connectivity index (χ2v) is 5.05. The van der Waals surface area contributed by atoms with Crippen LogP contribution in [0.5, 0.6) is 0 Å². The van der Waals surface area contributed by atoms with Gasteiger partial charge in [-0.15, -0.1) is 0 Å². The van der Waals surface area contributed by atoms with Gasteiger partial charge in [-0.2, -0.15) is 0 Å². The summed E-state index contributed by atoms with van der Waals surface area (Å²) in [7, 11) is 0. The third-order valence-electron chi connectivity index (χ3n) is 2.57. The molecular formula is C14H12ClFN2S. The minimum absolute atomic E-state index is 0.287. The minimum Gasteiger partial charge on any atom is -0.389 e. The average molecular weight is 295 g/mol. The van der Waals surface area contributed by atoms with Crippen LogP contribution >= 0.6 is 23.8 Å². The van der Waals surface area contributed by atoms with E-state index in [1.54, 1.807) is 18.2 Å². The monoisotopic (exact) mass is 294 g/mol. The van der Waals surface area contributed by atoms with Crippen LogP contribution in [-0.4, -0.2) is 4.99 Å². The third kappa shape index (κ3) is 3.43. The second-order valence-electron chi connectivity index (χ2n) is 4.20. The molecule has 0 aliphatic heterocycles. The molecule has 0 fully saturated rings. The molecule has 0 unspecified atom stereocenters. The molecule has 2 aromatic carbocycles. The Morgan fingerprint density at radius 2 is 2.00 bits per heavy atom. The number of nitrogens with one attached hydrogen (secondary N) is 1. The van der Waals surface area contributed by atoms with E-state index in [1.807, 2.05) is 13.0 Å². The molecule has 3 N–H and O–H groups in total. The van der Waals surface area contributed by atoms with Crippen molar-refractivity contribution in [2.75, 3.05) is 5.32 Å². The van der Waals surface area contributed by atoms with Crippen LogP contribution in [0.25, 0.3) is 0 Å². The number of halogens is 2. The smallest absolute Gasteiger partial charge is 0.125 e. The van der Waals surface area contributed by atoms with E-state index in [9.17, 15) is 4.39 Å². The first kappa shape index (κ1) is 13.8. The maximum Gasteiger partial charge on any atom is 0.125 e. The number of rotatable bonds is 3. The highest BCUT2D eigenvalue weighted by atomic mass is 35.5. The summed E-state index contributed by atoms with van der Waals surface area (Å²) in [5, 5.41) is 3.54. The van der Waals surface area contributed by atoms with Gasteiger partial charge in [-0.05, 0) is 48.9 Å². The van der Waals surface area contributed by atoms with Crippen LogP contribution in [-0.2, 0) is 0 Å². The molecule has 0 heterocycles. The van der Waals surface area contributed by atoms with E-state index in [1.165, 1.54) is 12.1 Å². The molecule has 5 heteroatoms. The van der Waals surface area contributed by atoms with Gasteiger partial charge in [0.1, 0.15) is 10.8 Å². The molecule has 0 spiro atoms. The summed E-state index contributed by atoms with van der Waals surface area (Å²) in [5.41, 5.74) is 8.37. The highest BCUT2D eigenvalue weighted by Crippen LogP contribution is 2.27. The van der Waals surface area contributed by atoms with Crippen LogP contribution in [0.15, 0.2) is 36.4 Å². The maximum absolute atomic E-state index is 13.3. The Labute approximate surface area is 121 Å². The minimum atomic E-state index is -0.293. The van der Waals surface area contributed by atoms with Crippen LogP contribution in [0.4, 0.5) is 15.8 Å². The number of anilines is 2. The van der Waals surface area contributed by atoms with E-state index >= 15 is 0 Å². The first-order valence-electron chi connectivity index (χ1n) is 5.59. The number of benzene rings is 2. The van der Waals surface area contributed by atoms with Crippen molar-refractivity contribution in [2.24, 2.45) is 5.73 Å². The maximum atomic E-state index is 13.3. The van der Waals surface area contributed by atoms with Crippen molar-refractivity contribution < 1.29 is 4.39 Å². The molecule has 2 aromatic rings. The Morgan fingerprint density at radius 1 is 1.26 bits per heavy atom. The Hall–Kier alpha value is -1.65. The quantitative estimate of drug-likeness (QED) is 0.835.